The predicted molar refractivity (Wildman–Crippen MR) is 72.1 cm³/mol. The minimum absolute atomic E-state index is 0.251. The fourth-order valence-corrected chi connectivity index (χ4v) is 1.81. The van der Waals surface area contributed by atoms with Crippen LogP contribution in [-0.4, -0.2) is 23.1 Å². The Morgan fingerprint density at radius 2 is 1.83 bits per heavy atom. The van der Waals surface area contributed by atoms with Crippen molar-refractivity contribution >= 4 is 5.78 Å². The molecule has 0 bridgehead atoms. The van der Waals surface area contributed by atoms with Crippen molar-refractivity contribution in [2.75, 3.05) is 6.61 Å². The molecule has 0 aliphatic rings. The maximum Gasteiger partial charge on any atom is 0.198 e. The quantitative estimate of drug-likeness (QED) is 0.756. The minimum Gasteiger partial charge on any atom is -0.493 e. The minimum atomic E-state index is -1.29. The predicted octanol–water partition coefficient (Wildman–Crippen LogP) is 3.21. The van der Waals surface area contributed by atoms with E-state index in [-0.39, 0.29) is 5.78 Å². The van der Waals surface area contributed by atoms with Gasteiger partial charge in [0.25, 0.3) is 0 Å². The van der Waals surface area contributed by atoms with Crippen LogP contribution in [0.5, 0.6) is 5.75 Å². The maximum atomic E-state index is 12.4. The van der Waals surface area contributed by atoms with Crippen LogP contribution in [0.4, 0.5) is 0 Å². The smallest absolute Gasteiger partial charge is 0.198 e. The number of Topliss-reactive ketones (excluding diaryl/α,β-unsaturated/α-hetero) is 1. The van der Waals surface area contributed by atoms with E-state index in [1.807, 2.05) is 26.8 Å². The molecule has 0 amide bonds. The van der Waals surface area contributed by atoms with E-state index in [2.05, 4.69) is 0 Å². The summed E-state index contributed by atoms with van der Waals surface area (Å²) in [6, 6.07) is 7.11. The molecule has 3 nitrogen and oxygen atoms in total. The van der Waals surface area contributed by atoms with Crippen molar-refractivity contribution in [3.8, 4) is 5.75 Å². The number of para-hydroxylation sites is 1. The summed E-state index contributed by atoms with van der Waals surface area (Å²) >= 11 is 0. The van der Waals surface area contributed by atoms with Gasteiger partial charge < -0.3 is 9.84 Å². The molecule has 1 aromatic carbocycles. The van der Waals surface area contributed by atoms with Crippen LogP contribution in [-0.2, 0) is 0 Å². The van der Waals surface area contributed by atoms with Gasteiger partial charge in [-0.3, -0.25) is 4.79 Å². The Morgan fingerprint density at radius 3 is 2.39 bits per heavy atom. The Kier molecular flexibility index (Phi) is 5.35. The number of rotatable bonds is 7. The summed E-state index contributed by atoms with van der Waals surface area (Å²) in [5, 5.41) is 10.3. The molecular weight excluding hydrogens is 228 g/mol. The lowest BCUT2D eigenvalue weighted by molar-refractivity contribution is 0.0274. The lowest BCUT2D eigenvalue weighted by Crippen LogP contribution is -2.37. The van der Waals surface area contributed by atoms with E-state index in [4.69, 9.17) is 4.74 Å². The van der Waals surface area contributed by atoms with Crippen molar-refractivity contribution in [3.05, 3.63) is 29.8 Å². The van der Waals surface area contributed by atoms with Crippen LogP contribution in [0.15, 0.2) is 24.3 Å². The molecule has 0 aliphatic heterocycles. The number of carbonyl (C=O) groups excluding carboxylic acids is 1. The zero-order chi connectivity index (χ0) is 13.6. The van der Waals surface area contributed by atoms with Gasteiger partial charge in [0.15, 0.2) is 5.78 Å². The molecule has 0 aromatic heterocycles. The highest BCUT2D eigenvalue weighted by Gasteiger charge is 2.34. The number of carbonyl (C=O) groups is 1. The third-order valence-corrected chi connectivity index (χ3v) is 3.19. The van der Waals surface area contributed by atoms with Gasteiger partial charge in [-0.25, -0.2) is 0 Å². The Morgan fingerprint density at radius 1 is 1.22 bits per heavy atom. The van der Waals surface area contributed by atoms with Gasteiger partial charge >= 0.3 is 0 Å². The maximum absolute atomic E-state index is 12.4. The normalized spacial score (nSPS) is 11.3. The van der Waals surface area contributed by atoms with Gasteiger partial charge in [-0.2, -0.15) is 0 Å². The lowest BCUT2D eigenvalue weighted by Gasteiger charge is -2.24. The summed E-state index contributed by atoms with van der Waals surface area (Å²) in [5.41, 5.74) is -0.816. The molecule has 3 heteroatoms. The molecule has 0 radical (unpaired) electrons. The lowest BCUT2D eigenvalue weighted by atomic mass is 9.88. The summed E-state index contributed by atoms with van der Waals surface area (Å²) in [6.07, 6.45) is 1.70. The standard InChI is InChI=1S/C15H22O3/c1-4-11-18-13-10-8-7-9-12(13)14(16)15(17,5-2)6-3/h7-10,17H,4-6,11H2,1-3H3. The van der Waals surface area contributed by atoms with E-state index in [0.717, 1.165) is 6.42 Å². The first-order valence-electron chi connectivity index (χ1n) is 6.58. The number of hydrogen-bond donors (Lipinski definition) is 1. The molecule has 100 valence electrons. The molecule has 1 N–H and O–H groups in total. The van der Waals surface area contributed by atoms with Gasteiger partial charge in [-0.15, -0.1) is 0 Å². The Hall–Kier alpha value is -1.35. The molecule has 18 heavy (non-hydrogen) atoms. The summed E-state index contributed by atoms with van der Waals surface area (Å²) in [5.74, 6) is 0.309. The third kappa shape index (κ3) is 3.10. The summed E-state index contributed by atoms with van der Waals surface area (Å²) < 4.78 is 5.56. The van der Waals surface area contributed by atoms with Gasteiger partial charge in [0.05, 0.1) is 12.2 Å². The molecule has 1 aromatic rings. The SMILES string of the molecule is CCCOc1ccccc1C(=O)C(O)(CC)CC. The zero-order valence-corrected chi connectivity index (χ0v) is 11.4. The van der Waals surface area contributed by atoms with Gasteiger partial charge in [0.2, 0.25) is 0 Å². The van der Waals surface area contributed by atoms with E-state index < -0.39 is 5.60 Å². The second-order valence-corrected chi connectivity index (χ2v) is 4.41. The van der Waals surface area contributed by atoms with Crippen molar-refractivity contribution in [1.82, 2.24) is 0 Å². The van der Waals surface area contributed by atoms with Crippen LogP contribution in [0, 0.1) is 0 Å². The first kappa shape index (κ1) is 14.7. The highest BCUT2D eigenvalue weighted by atomic mass is 16.5. The Bertz CT molecular complexity index is 394. The van der Waals surface area contributed by atoms with Crippen LogP contribution in [0.3, 0.4) is 0 Å². The van der Waals surface area contributed by atoms with Crippen molar-refractivity contribution in [2.45, 2.75) is 45.6 Å². The van der Waals surface area contributed by atoms with Gasteiger partial charge in [0, 0.05) is 0 Å². The molecule has 0 saturated carbocycles. The average molecular weight is 250 g/mol. The van der Waals surface area contributed by atoms with Crippen LogP contribution in [0.2, 0.25) is 0 Å². The number of benzene rings is 1. The van der Waals surface area contributed by atoms with E-state index >= 15 is 0 Å². The van der Waals surface area contributed by atoms with E-state index in [0.29, 0.717) is 30.8 Å². The Labute approximate surface area is 109 Å². The topological polar surface area (TPSA) is 46.5 Å². The molecule has 0 fully saturated rings. The average Bonchev–Trinajstić information content (AvgIpc) is 2.43. The third-order valence-electron chi connectivity index (χ3n) is 3.19. The van der Waals surface area contributed by atoms with Crippen LogP contribution in [0.25, 0.3) is 0 Å². The molecule has 0 aliphatic carbocycles. The number of hydrogen-bond acceptors (Lipinski definition) is 3. The molecule has 0 atom stereocenters. The largest absolute Gasteiger partial charge is 0.493 e. The Balaban J connectivity index is 3.04. The van der Waals surface area contributed by atoms with Crippen molar-refractivity contribution < 1.29 is 14.6 Å². The molecule has 0 unspecified atom stereocenters. The van der Waals surface area contributed by atoms with Crippen molar-refractivity contribution in [2.24, 2.45) is 0 Å². The van der Waals surface area contributed by atoms with Crippen LogP contribution in [0.1, 0.15) is 50.4 Å². The first-order chi connectivity index (χ1) is 8.59. The summed E-state index contributed by atoms with van der Waals surface area (Å²) in [4.78, 5) is 12.4. The van der Waals surface area contributed by atoms with Crippen molar-refractivity contribution in [1.29, 1.82) is 0 Å². The highest BCUT2D eigenvalue weighted by molar-refractivity contribution is 6.04. The van der Waals surface area contributed by atoms with Crippen molar-refractivity contribution in [3.63, 3.8) is 0 Å². The first-order valence-corrected chi connectivity index (χ1v) is 6.58. The zero-order valence-electron chi connectivity index (χ0n) is 11.4. The van der Waals surface area contributed by atoms with E-state index in [9.17, 15) is 9.90 Å². The monoisotopic (exact) mass is 250 g/mol. The van der Waals surface area contributed by atoms with E-state index in [1.165, 1.54) is 0 Å². The van der Waals surface area contributed by atoms with Crippen LogP contribution < -0.4 is 4.74 Å². The molecular formula is C15H22O3. The number of aliphatic hydroxyl groups is 1. The number of ketones is 1. The highest BCUT2D eigenvalue weighted by Crippen LogP contribution is 2.27. The van der Waals surface area contributed by atoms with E-state index in [1.54, 1.807) is 18.2 Å². The second kappa shape index (κ2) is 6.55. The molecule has 0 spiro atoms. The van der Waals surface area contributed by atoms with Gasteiger partial charge in [-0.1, -0.05) is 32.9 Å². The fourth-order valence-electron chi connectivity index (χ4n) is 1.81. The fraction of sp³-hybridized carbons (Fsp3) is 0.533. The van der Waals surface area contributed by atoms with Gasteiger partial charge in [-0.05, 0) is 31.4 Å². The molecule has 0 saturated heterocycles. The summed E-state index contributed by atoms with van der Waals surface area (Å²) in [7, 11) is 0. The number of ether oxygens (including phenoxy) is 1. The summed E-state index contributed by atoms with van der Waals surface area (Å²) in [6.45, 7) is 6.22. The molecule has 0 heterocycles. The van der Waals surface area contributed by atoms with Gasteiger partial charge in [0.1, 0.15) is 11.4 Å². The molecule has 1 rings (SSSR count). The second-order valence-electron chi connectivity index (χ2n) is 4.41. The van der Waals surface area contributed by atoms with Crippen LogP contribution >= 0.6 is 0 Å².